The Balaban J connectivity index is 0.000001000. The van der Waals surface area contributed by atoms with Gasteiger partial charge in [-0.15, -0.1) is 0 Å². The fraction of sp³-hybridized carbons (Fsp3) is 1.00. The molecule has 0 amide bonds. The number of hydrogen-bond acceptors (Lipinski definition) is 3. The number of nitrogens with zero attached hydrogens (tertiary/aromatic N) is 1. The van der Waals surface area contributed by atoms with E-state index in [-0.39, 0.29) is 22.8 Å². The maximum atomic E-state index is 10.4. The van der Waals surface area contributed by atoms with Crippen molar-refractivity contribution in [2.75, 3.05) is 13.1 Å². The van der Waals surface area contributed by atoms with Crippen LogP contribution in [0, 0.1) is 5.41 Å². The van der Waals surface area contributed by atoms with Crippen molar-refractivity contribution in [1.82, 2.24) is 4.31 Å². The van der Waals surface area contributed by atoms with E-state index < -0.39 is 10.9 Å². The quantitative estimate of drug-likeness (QED) is 0.433. The summed E-state index contributed by atoms with van der Waals surface area (Å²) in [5, 5.41) is 0. The molecule has 0 spiro atoms. The average molecular weight is 191 g/mol. The minimum atomic E-state index is -2.00. The van der Waals surface area contributed by atoms with E-state index >= 15 is 0 Å². The molecular weight excluding hydrogens is 177 g/mol. The van der Waals surface area contributed by atoms with Crippen LogP contribution >= 0.6 is 0 Å². The predicted octanol–water partition coefficient (Wildman–Crippen LogP) is 0.0264. The van der Waals surface area contributed by atoms with Gasteiger partial charge in [0.1, 0.15) is 0 Å². The average Bonchev–Trinajstić information content (AvgIpc) is 2.10. The normalized spacial score (nSPS) is 23.5. The van der Waals surface area contributed by atoms with Crippen LogP contribution in [0.15, 0.2) is 0 Å². The molecule has 1 aliphatic heterocycles. The van der Waals surface area contributed by atoms with Crippen LogP contribution in [0.5, 0.6) is 0 Å². The maximum absolute atomic E-state index is 10.4. The Kier molecular flexibility index (Phi) is 4.06. The molecule has 3 nitrogen and oxygen atoms in total. The Hall–Kier alpha value is 0.442. The zero-order chi connectivity index (χ0) is 7.78. The first-order valence-corrected chi connectivity index (χ1v) is 4.39. The summed E-state index contributed by atoms with van der Waals surface area (Å²) in [4.78, 5) is 0. The van der Waals surface area contributed by atoms with Crippen molar-refractivity contribution in [3.8, 4) is 0 Å². The third kappa shape index (κ3) is 3.12. The molecule has 0 bridgehead atoms. The van der Waals surface area contributed by atoms with Crippen molar-refractivity contribution in [2.45, 2.75) is 20.3 Å². The van der Waals surface area contributed by atoms with Crippen LogP contribution in [0.1, 0.15) is 20.3 Å². The van der Waals surface area contributed by atoms with E-state index in [0.29, 0.717) is 13.1 Å². The van der Waals surface area contributed by atoms with Gasteiger partial charge in [0.2, 0.25) is 0 Å². The molecule has 0 aromatic carbocycles. The molecule has 0 aromatic heterocycles. The molecule has 0 aliphatic carbocycles. The number of hydrogen-bond donors (Lipinski definition) is 0. The molecule has 0 aromatic rings. The van der Waals surface area contributed by atoms with E-state index in [0.717, 1.165) is 6.42 Å². The molecule has 1 rings (SSSR count). The molecule has 1 aliphatic rings. The summed E-state index contributed by atoms with van der Waals surface area (Å²) >= 11 is 0. The molecule has 0 N–H and O–H groups in total. The molecule has 1 saturated heterocycles. The second kappa shape index (κ2) is 3.90. The van der Waals surface area contributed by atoms with Gasteiger partial charge in [-0.1, -0.05) is 13.8 Å². The fourth-order valence-corrected chi connectivity index (χ4v) is 1.89. The van der Waals surface area contributed by atoms with Crippen molar-refractivity contribution in [3.05, 3.63) is 0 Å². The van der Waals surface area contributed by atoms with Crippen molar-refractivity contribution in [2.24, 2.45) is 5.41 Å². The van der Waals surface area contributed by atoms with E-state index in [1.807, 2.05) is 0 Å². The van der Waals surface area contributed by atoms with E-state index in [4.69, 9.17) is 0 Å². The first kappa shape index (κ1) is 11.4. The molecule has 0 atom stereocenters. The van der Waals surface area contributed by atoms with Gasteiger partial charge in [-0.2, -0.15) is 0 Å². The standard InChI is InChI=1S/C6H12NO2S.Al.2H/c1-6(2)3-4-7(5-6)10(8)9;;;/h3-5H2,1-2H3;;;/q-1;+1;;. The predicted molar refractivity (Wildman–Crippen MR) is 47.3 cm³/mol. The SMILES string of the molecule is CC1(C)CCN([S-](=O)=O)C1.[AlH2+]. The zero-order valence-corrected chi connectivity index (χ0v) is 10.1. The summed E-state index contributed by atoms with van der Waals surface area (Å²) in [7, 11) is -2.00. The topological polar surface area (TPSA) is 37.4 Å². The van der Waals surface area contributed by atoms with Crippen LogP contribution in [0.25, 0.3) is 0 Å². The van der Waals surface area contributed by atoms with Gasteiger partial charge in [-0.3, -0.25) is 0 Å². The van der Waals surface area contributed by atoms with Gasteiger partial charge in [-0.05, 0) is 35.8 Å². The van der Waals surface area contributed by atoms with E-state index in [9.17, 15) is 8.42 Å². The van der Waals surface area contributed by atoms with E-state index in [1.165, 1.54) is 4.31 Å². The first-order valence-electron chi connectivity index (χ1n) is 3.36. The third-order valence-electron chi connectivity index (χ3n) is 1.85. The first-order chi connectivity index (χ1) is 4.51. The van der Waals surface area contributed by atoms with E-state index in [2.05, 4.69) is 13.8 Å². The van der Waals surface area contributed by atoms with Gasteiger partial charge >= 0.3 is 17.4 Å². The fourth-order valence-electron chi connectivity index (χ4n) is 1.19. The van der Waals surface area contributed by atoms with Crippen LogP contribution in [0.3, 0.4) is 0 Å². The Morgan fingerprint density at radius 3 is 2.09 bits per heavy atom. The van der Waals surface area contributed by atoms with Gasteiger partial charge in [0, 0.05) is 0 Å². The molecule has 64 valence electrons. The van der Waals surface area contributed by atoms with Crippen LogP contribution in [-0.4, -0.2) is 34.8 Å². The van der Waals surface area contributed by atoms with Crippen LogP contribution in [0.2, 0.25) is 0 Å². The molecule has 1 fully saturated rings. The summed E-state index contributed by atoms with van der Waals surface area (Å²) in [5.74, 6) is 0. The zero-order valence-electron chi connectivity index (χ0n) is 7.29. The van der Waals surface area contributed by atoms with E-state index in [1.54, 1.807) is 0 Å². The van der Waals surface area contributed by atoms with Gasteiger partial charge in [0.05, 0.1) is 0 Å². The summed E-state index contributed by atoms with van der Waals surface area (Å²) in [5.41, 5.74) is 0.181. The molecule has 11 heavy (non-hydrogen) atoms. The molecule has 0 saturated carbocycles. The van der Waals surface area contributed by atoms with Gasteiger partial charge in [0.15, 0.2) is 0 Å². The molecule has 5 heteroatoms. The van der Waals surface area contributed by atoms with Crippen LogP contribution in [-0.2, 0) is 19.3 Å². The van der Waals surface area contributed by atoms with Crippen molar-refractivity contribution < 1.29 is 8.42 Å². The van der Waals surface area contributed by atoms with Crippen LogP contribution < -0.4 is 0 Å². The molecule has 1 heterocycles. The Morgan fingerprint density at radius 1 is 1.36 bits per heavy atom. The molecule has 0 radical (unpaired) electrons. The Labute approximate surface area is 80.0 Å². The molecule has 0 unspecified atom stereocenters. The Morgan fingerprint density at radius 2 is 1.91 bits per heavy atom. The third-order valence-corrected chi connectivity index (χ3v) is 2.59. The van der Waals surface area contributed by atoms with Gasteiger partial charge < -0.3 is 12.7 Å². The summed E-state index contributed by atoms with van der Waals surface area (Å²) < 4.78 is 22.3. The van der Waals surface area contributed by atoms with Crippen LogP contribution in [0.4, 0.5) is 0 Å². The second-order valence-corrected chi connectivity index (χ2v) is 4.45. The summed E-state index contributed by atoms with van der Waals surface area (Å²) in [6.07, 6.45) is 0.973. The van der Waals surface area contributed by atoms with Gasteiger partial charge in [-0.25, -0.2) is 0 Å². The minimum absolute atomic E-state index is 0. The summed E-state index contributed by atoms with van der Waals surface area (Å²) in [6.45, 7) is 5.52. The second-order valence-electron chi connectivity index (χ2n) is 3.49. The number of rotatable bonds is 1. The monoisotopic (exact) mass is 191 g/mol. The van der Waals surface area contributed by atoms with Crippen molar-refractivity contribution in [3.63, 3.8) is 0 Å². The molecular formula is C6H14AlNO2S. The van der Waals surface area contributed by atoms with Crippen molar-refractivity contribution >= 4 is 28.3 Å². The Bertz CT molecular complexity index is 195. The van der Waals surface area contributed by atoms with Gasteiger partial charge in [0.25, 0.3) is 0 Å². The summed E-state index contributed by atoms with van der Waals surface area (Å²) in [6, 6.07) is 0. The van der Waals surface area contributed by atoms with Crippen molar-refractivity contribution in [1.29, 1.82) is 0 Å².